The average molecular weight is 306 g/mol. The second-order valence-electron chi connectivity index (χ2n) is 6.13. The number of amides is 1. The van der Waals surface area contributed by atoms with E-state index in [0.29, 0.717) is 23.4 Å². The van der Waals surface area contributed by atoms with Crippen molar-refractivity contribution in [3.63, 3.8) is 0 Å². The van der Waals surface area contributed by atoms with E-state index in [1.165, 1.54) is 4.90 Å². The molecular formula is C15H22N4O3. The third kappa shape index (κ3) is 3.93. The van der Waals surface area contributed by atoms with E-state index in [4.69, 9.17) is 9.05 Å². The Morgan fingerprint density at radius 1 is 1.23 bits per heavy atom. The van der Waals surface area contributed by atoms with Gasteiger partial charge in [0, 0.05) is 25.5 Å². The molecule has 22 heavy (non-hydrogen) atoms. The molecule has 7 heteroatoms. The fourth-order valence-corrected chi connectivity index (χ4v) is 1.93. The zero-order valence-electron chi connectivity index (χ0n) is 13.7. The van der Waals surface area contributed by atoms with Gasteiger partial charge in [0.25, 0.3) is 5.91 Å². The summed E-state index contributed by atoms with van der Waals surface area (Å²) in [6.45, 7) is 8.39. The van der Waals surface area contributed by atoms with Gasteiger partial charge in [-0.15, -0.1) is 0 Å². The van der Waals surface area contributed by atoms with Crippen molar-refractivity contribution >= 4 is 5.91 Å². The van der Waals surface area contributed by atoms with Gasteiger partial charge in [-0.3, -0.25) is 4.79 Å². The Morgan fingerprint density at radius 3 is 2.55 bits per heavy atom. The molecule has 0 aliphatic rings. The Kier molecular flexibility index (Phi) is 4.95. The lowest BCUT2D eigenvalue weighted by atomic mass is 10.1. The molecule has 0 N–H and O–H groups in total. The molecule has 2 aromatic heterocycles. The lowest BCUT2D eigenvalue weighted by molar-refractivity contribution is 0.0770. The third-order valence-corrected chi connectivity index (χ3v) is 3.13. The second-order valence-corrected chi connectivity index (χ2v) is 6.13. The molecule has 0 aliphatic heterocycles. The van der Waals surface area contributed by atoms with Crippen molar-refractivity contribution in [3.05, 3.63) is 29.2 Å². The fraction of sp³-hybridized carbons (Fsp3) is 0.600. The van der Waals surface area contributed by atoms with Crippen molar-refractivity contribution in [1.82, 2.24) is 20.2 Å². The van der Waals surface area contributed by atoms with Crippen molar-refractivity contribution in [2.75, 3.05) is 7.05 Å². The van der Waals surface area contributed by atoms with Crippen LogP contribution in [0.15, 0.2) is 15.1 Å². The van der Waals surface area contributed by atoms with Crippen LogP contribution in [0.2, 0.25) is 0 Å². The highest BCUT2D eigenvalue weighted by Gasteiger charge is 2.20. The second kappa shape index (κ2) is 6.72. The van der Waals surface area contributed by atoms with Crippen LogP contribution in [0.5, 0.6) is 0 Å². The molecule has 1 amide bonds. The van der Waals surface area contributed by atoms with Gasteiger partial charge in [-0.05, 0) is 5.92 Å². The van der Waals surface area contributed by atoms with Crippen LogP contribution in [0, 0.1) is 5.92 Å². The third-order valence-electron chi connectivity index (χ3n) is 3.13. The Balaban J connectivity index is 1.99. The van der Waals surface area contributed by atoms with Crippen molar-refractivity contribution in [2.45, 2.75) is 46.6 Å². The smallest absolute Gasteiger partial charge is 0.276 e. The molecule has 0 aromatic carbocycles. The Hall–Kier alpha value is -2.18. The summed E-state index contributed by atoms with van der Waals surface area (Å²) in [6.07, 6.45) is 0.728. The van der Waals surface area contributed by atoms with E-state index >= 15 is 0 Å². The maximum Gasteiger partial charge on any atom is 0.276 e. The SMILES string of the molecule is CC(C)Cc1nc(CN(C)C(=O)c2cc(C(C)C)on2)no1. The quantitative estimate of drug-likeness (QED) is 0.815. The molecular weight excluding hydrogens is 284 g/mol. The van der Waals surface area contributed by atoms with Crippen molar-refractivity contribution in [1.29, 1.82) is 0 Å². The number of carbonyl (C=O) groups is 1. The molecule has 0 atom stereocenters. The first-order valence-electron chi connectivity index (χ1n) is 7.40. The van der Waals surface area contributed by atoms with Gasteiger partial charge in [0.1, 0.15) is 5.76 Å². The number of hydrogen-bond donors (Lipinski definition) is 0. The molecule has 0 aliphatic carbocycles. The normalized spacial score (nSPS) is 11.4. The van der Waals surface area contributed by atoms with Crippen LogP contribution in [0.3, 0.4) is 0 Å². The van der Waals surface area contributed by atoms with E-state index < -0.39 is 0 Å². The molecule has 2 rings (SSSR count). The molecule has 0 saturated carbocycles. The molecule has 0 saturated heterocycles. The van der Waals surface area contributed by atoms with Gasteiger partial charge in [-0.25, -0.2) is 0 Å². The Labute approximate surface area is 129 Å². The topological polar surface area (TPSA) is 85.3 Å². The zero-order valence-corrected chi connectivity index (χ0v) is 13.7. The number of rotatable bonds is 6. The Morgan fingerprint density at radius 2 is 1.95 bits per heavy atom. The van der Waals surface area contributed by atoms with Gasteiger partial charge in [-0.1, -0.05) is 38.0 Å². The van der Waals surface area contributed by atoms with Gasteiger partial charge in [0.05, 0.1) is 6.54 Å². The molecule has 0 unspecified atom stereocenters. The first-order valence-corrected chi connectivity index (χ1v) is 7.40. The van der Waals surface area contributed by atoms with Crippen LogP contribution < -0.4 is 0 Å². The van der Waals surface area contributed by atoms with Crippen LogP contribution in [-0.4, -0.2) is 33.2 Å². The summed E-state index contributed by atoms with van der Waals surface area (Å²) in [5.74, 6) is 2.17. The summed E-state index contributed by atoms with van der Waals surface area (Å²) in [7, 11) is 1.67. The predicted molar refractivity (Wildman–Crippen MR) is 79.2 cm³/mol. The molecule has 7 nitrogen and oxygen atoms in total. The van der Waals surface area contributed by atoms with Crippen LogP contribution in [0.25, 0.3) is 0 Å². The fourth-order valence-electron chi connectivity index (χ4n) is 1.93. The molecule has 0 bridgehead atoms. The highest BCUT2D eigenvalue weighted by molar-refractivity contribution is 5.92. The van der Waals surface area contributed by atoms with Crippen LogP contribution in [0.4, 0.5) is 0 Å². The number of hydrogen-bond acceptors (Lipinski definition) is 6. The first kappa shape index (κ1) is 16.2. The highest BCUT2D eigenvalue weighted by Crippen LogP contribution is 2.16. The number of nitrogens with zero attached hydrogens (tertiary/aromatic N) is 4. The van der Waals surface area contributed by atoms with E-state index in [1.54, 1.807) is 13.1 Å². The minimum Gasteiger partial charge on any atom is -0.360 e. The number of aromatic nitrogens is 3. The lowest BCUT2D eigenvalue weighted by Gasteiger charge is -2.12. The van der Waals surface area contributed by atoms with Crippen LogP contribution in [0.1, 0.15) is 61.6 Å². The average Bonchev–Trinajstić information content (AvgIpc) is 3.06. The van der Waals surface area contributed by atoms with Gasteiger partial charge in [0.15, 0.2) is 11.5 Å². The minimum absolute atomic E-state index is 0.190. The maximum atomic E-state index is 12.3. The zero-order chi connectivity index (χ0) is 16.3. The van der Waals surface area contributed by atoms with Crippen molar-refractivity contribution < 1.29 is 13.8 Å². The van der Waals surface area contributed by atoms with E-state index in [-0.39, 0.29) is 24.1 Å². The van der Waals surface area contributed by atoms with Gasteiger partial charge < -0.3 is 13.9 Å². The summed E-state index contributed by atoms with van der Waals surface area (Å²) in [4.78, 5) is 18.1. The van der Waals surface area contributed by atoms with Crippen LogP contribution in [-0.2, 0) is 13.0 Å². The maximum absolute atomic E-state index is 12.3. The van der Waals surface area contributed by atoms with Crippen molar-refractivity contribution in [3.8, 4) is 0 Å². The predicted octanol–water partition coefficient (Wildman–Crippen LogP) is 2.65. The van der Waals surface area contributed by atoms with Gasteiger partial charge >= 0.3 is 0 Å². The van der Waals surface area contributed by atoms with E-state index in [2.05, 4.69) is 29.1 Å². The first-order chi connectivity index (χ1) is 10.4. The molecule has 120 valence electrons. The summed E-state index contributed by atoms with van der Waals surface area (Å²) in [6, 6.07) is 1.67. The number of carbonyl (C=O) groups excluding carboxylic acids is 1. The standard InChI is InChI=1S/C15H22N4O3/c1-9(2)6-14-16-13(18-22-14)8-19(5)15(20)11-7-12(10(3)4)21-17-11/h7,9-10H,6,8H2,1-5H3. The van der Waals surface area contributed by atoms with E-state index in [1.807, 2.05) is 13.8 Å². The molecule has 0 radical (unpaired) electrons. The summed E-state index contributed by atoms with van der Waals surface area (Å²) < 4.78 is 10.3. The van der Waals surface area contributed by atoms with Crippen LogP contribution >= 0.6 is 0 Å². The lowest BCUT2D eigenvalue weighted by Crippen LogP contribution is -2.27. The molecule has 0 fully saturated rings. The molecule has 0 spiro atoms. The molecule has 2 heterocycles. The van der Waals surface area contributed by atoms with Gasteiger partial charge in [0.2, 0.25) is 5.89 Å². The summed E-state index contributed by atoms with van der Waals surface area (Å²) in [5.41, 5.74) is 0.289. The summed E-state index contributed by atoms with van der Waals surface area (Å²) in [5, 5.41) is 7.71. The highest BCUT2D eigenvalue weighted by atomic mass is 16.5. The Bertz CT molecular complexity index is 630. The van der Waals surface area contributed by atoms with E-state index in [9.17, 15) is 4.79 Å². The largest absolute Gasteiger partial charge is 0.360 e. The van der Waals surface area contributed by atoms with Crippen molar-refractivity contribution in [2.24, 2.45) is 5.92 Å². The monoisotopic (exact) mass is 306 g/mol. The van der Waals surface area contributed by atoms with E-state index in [0.717, 1.165) is 6.42 Å². The molecule has 2 aromatic rings. The van der Waals surface area contributed by atoms with Gasteiger partial charge in [-0.2, -0.15) is 4.98 Å². The summed E-state index contributed by atoms with van der Waals surface area (Å²) >= 11 is 0. The minimum atomic E-state index is -0.231.